The molecule has 1 N–H and O–H groups in total. The predicted molar refractivity (Wildman–Crippen MR) is 120 cm³/mol. The van der Waals surface area contributed by atoms with Crippen molar-refractivity contribution in [2.45, 2.75) is 0 Å². The molecule has 9 heteroatoms. The van der Waals surface area contributed by atoms with E-state index in [9.17, 15) is 14.4 Å². The van der Waals surface area contributed by atoms with Crippen LogP contribution >= 0.6 is 0 Å². The topological polar surface area (TPSA) is 91.4 Å². The van der Waals surface area contributed by atoms with E-state index in [0.29, 0.717) is 30.3 Å². The van der Waals surface area contributed by atoms with Crippen LogP contribution in [0.5, 0.6) is 5.75 Å². The molecule has 0 aromatic heterocycles. The summed E-state index contributed by atoms with van der Waals surface area (Å²) in [6.07, 6.45) is 0. The van der Waals surface area contributed by atoms with E-state index in [-0.39, 0.29) is 37.4 Å². The molecule has 168 valence electrons. The highest BCUT2D eigenvalue weighted by Gasteiger charge is 2.28. The summed E-state index contributed by atoms with van der Waals surface area (Å²) in [6, 6.07) is 14.7. The molecule has 0 aliphatic carbocycles. The second-order valence-electron chi connectivity index (χ2n) is 7.68. The summed E-state index contributed by atoms with van der Waals surface area (Å²) in [6.45, 7) is 2.71. The van der Waals surface area contributed by atoms with Crippen molar-refractivity contribution in [1.82, 2.24) is 4.90 Å². The molecule has 0 radical (unpaired) electrons. The molecule has 0 spiro atoms. The van der Waals surface area contributed by atoms with Crippen molar-refractivity contribution in [1.29, 1.82) is 0 Å². The zero-order chi connectivity index (χ0) is 22.5. The van der Waals surface area contributed by atoms with Crippen LogP contribution in [0, 0.1) is 0 Å². The van der Waals surface area contributed by atoms with Crippen LogP contribution < -0.4 is 19.9 Å². The summed E-state index contributed by atoms with van der Waals surface area (Å²) < 4.78 is 10.8. The summed E-state index contributed by atoms with van der Waals surface area (Å²) in [5.41, 5.74) is 2.29. The first-order valence-corrected chi connectivity index (χ1v) is 10.5. The van der Waals surface area contributed by atoms with Gasteiger partial charge in [-0.15, -0.1) is 0 Å². The Bertz CT molecular complexity index is 988. The van der Waals surface area contributed by atoms with Gasteiger partial charge in [0.1, 0.15) is 12.3 Å². The smallest absolute Gasteiger partial charge is 0.265 e. The Morgan fingerprint density at radius 2 is 1.78 bits per heavy atom. The molecule has 2 aliphatic rings. The number of nitrogens with zero attached hydrogens (tertiary/aromatic N) is 3. The molecule has 1 saturated heterocycles. The van der Waals surface area contributed by atoms with Gasteiger partial charge in [0.25, 0.3) is 5.91 Å². The standard InChI is InChI=1S/C23H26N4O5/c1-25(22(29)15-27-19-4-2-3-5-20(19)32-16-23(27)30)14-21(28)24-17-6-8-18(9-7-17)26-10-12-31-13-11-26/h2-9H,10-16H2,1H3,(H,24,28). The molecule has 0 bridgehead atoms. The summed E-state index contributed by atoms with van der Waals surface area (Å²) >= 11 is 0. The average molecular weight is 438 g/mol. The molecule has 2 heterocycles. The first-order chi connectivity index (χ1) is 15.5. The number of carbonyl (C=O) groups excluding carboxylic acids is 3. The Balaban J connectivity index is 1.30. The van der Waals surface area contributed by atoms with E-state index < -0.39 is 0 Å². The van der Waals surface area contributed by atoms with Crippen molar-refractivity contribution >= 4 is 34.8 Å². The number of amides is 3. The highest BCUT2D eigenvalue weighted by atomic mass is 16.5. The molecule has 2 aromatic rings. The number of benzene rings is 2. The predicted octanol–water partition coefficient (Wildman–Crippen LogP) is 1.35. The maximum Gasteiger partial charge on any atom is 0.265 e. The number of nitrogens with one attached hydrogen (secondary N) is 1. The molecule has 2 aromatic carbocycles. The van der Waals surface area contributed by atoms with Crippen LogP contribution in [0.2, 0.25) is 0 Å². The van der Waals surface area contributed by atoms with Crippen LogP contribution in [-0.4, -0.2) is 75.7 Å². The fourth-order valence-corrected chi connectivity index (χ4v) is 3.66. The highest BCUT2D eigenvalue weighted by molar-refractivity contribution is 6.03. The van der Waals surface area contributed by atoms with Crippen molar-refractivity contribution < 1.29 is 23.9 Å². The Morgan fingerprint density at radius 1 is 1.06 bits per heavy atom. The molecule has 1 fully saturated rings. The maximum absolute atomic E-state index is 12.7. The number of anilines is 3. The zero-order valence-electron chi connectivity index (χ0n) is 18.0. The number of likely N-dealkylation sites (N-methyl/N-ethyl adjacent to an activating group) is 1. The van der Waals surface area contributed by atoms with Gasteiger partial charge in [0.05, 0.1) is 25.4 Å². The lowest BCUT2D eigenvalue weighted by Gasteiger charge is -2.30. The molecule has 0 unspecified atom stereocenters. The summed E-state index contributed by atoms with van der Waals surface area (Å²) in [5, 5.41) is 2.81. The fraction of sp³-hybridized carbons (Fsp3) is 0.348. The Labute approximate surface area is 186 Å². The van der Waals surface area contributed by atoms with Crippen molar-refractivity contribution in [3.05, 3.63) is 48.5 Å². The summed E-state index contributed by atoms with van der Waals surface area (Å²) in [5.74, 6) is -0.391. The normalized spacial score (nSPS) is 15.6. The number of hydrogen-bond acceptors (Lipinski definition) is 6. The molecule has 3 amide bonds. The zero-order valence-corrected chi connectivity index (χ0v) is 18.0. The number of ether oxygens (including phenoxy) is 2. The van der Waals surface area contributed by atoms with Crippen LogP contribution in [0.3, 0.4) is 0 Å². The van der Waals surface area contributed by atoms with Crippen LogP contribution in [0.4, 0.5) is 17.1 Å². The van der Waals surface area contributed by atoms with Crippen molar-refractivity contribution in [2.75, 3.05) is 68.2 Å². The number of morpholine rings is 1. The van der Waals surface area contributed by atoms with Crippen LogP contribution in [0.15, 0.2) is 48.5 Å². The molecule has 9 nitrogen and oxygen atoms in total. The fourth-order valence-electron chi connectivity index (χ4n) is 3.66. The molecular weight excluding hydrogens is 412 g/mol. The van der Waals surface area contributed by atoms with Crippen molar-refractivity contribution in [3.63, 3.8) is 0 Å². The molecule has 32 heavy (non-hydrogen) atoms. The quantitative estimate of drug-likeness (QED) is 0.732. The number of carbonyl (C=O) groups is 3. The lowest BCUT2D eigenvalue weighted by Crippen LogP contribution is -2.46. The minimum Gasteiger partial charge on any atom is -0.482 e. The average Bonchev–Trinajstić information content (AvgIpc) is 2.82. The van der Waals surface area contributed by atoms with Gasteiger partial charge in [0.2, 0.25) is 11.8 Å². The van der Waals surface area contributed by atoms with Gasteiger partial charge >= 0.3 is 0 Å². The minimum absolute atomic E-state index is 0.116. The second-order valence-corrected chi connectivity index (χ2v) is 7.68. The highest BCUT2D eigenvalue weighted by Crippen LogP contribution is 2.31. The van der Waals surface area contributed by atoms with Gasteiger partial charge in [0.15, 0.2) is 6.61 Å². The van der Waals surface area contributed by atoms with E-state index in [1.807, 2.05) is 24.3 Å². The van der Waals surface area contributed by atoms with Gasteiger partial charge in [-0.05, 0) is 36.4 Å². The summed E-state index contributed by atoms with van der Waals surface area (Å²) in [4.78, 5) is 42.3. The third kappa shape index (κ3) is 5.00. The SMILES string of the molecule is CN(CC(=O)Nc1ccc(N2CCOCC2)cc1)C(=O)CN1C(=O)COc2ccccc21. The molecule has 0 atom stereocenters. The van der Waals surface area contributed by atoms with E-state index in [0.717, 1.165) is 18.8 Å². The minimum atomic E-state index is -0.340. The van der Waals surface area contributed by atoms with Gasteiger partial charge in [-0.1, -0.05) is 12.1 Å². The first-order valence-electron chi connectivity index (χ1n) is 10.5. The maximum atomic E-state index is 12.7. The van der Waals surface area contributed by atoms with Gasteiger partial charge in [0, 0.05) is 31.5 Å². The third-order valence-electron chi connectivity index (χ3n) is 5.44. The lowest BCUT2D eigenvalue weighted by atomic mass is 10.2. The van der Waals surface area contributed by atoms with Gasteiger partial charge in [-0.3, -0.25) is 19.3 Å². The van der Waals surface area contributed by atoms with Crippen LogP contribution in [0.25, 0.3) is 0 Å². The number of fused-ring (bicyclic) bond motifs is 1. The largest absolute Gasteiger partial charge is 0.482 e. The Hall–Kier alpha value is -3.59. The Kier molecular flexibility index (Phi) is 6.55. The van der Waals surface area contributed by atoms with E-state index in [1.165, 1.54) is 9.80 Å². The van der Waals surface area contributed by atoms with E-state index >= 15 is 0 Å². The second kappa shape index (κ2) is 9.69. The number of para-hydroxylation sites is 2. The monoisotopic (exact) mass is 438 g/mol. The molecular formula is C23H26N4O5. The van der Waals surface area contributed by atoms with Gasteiger partial charge < -0.3 is 24.6 Å². The van der Waals surface area contributed by atoms with Crippen LogP contribution in [-0.2, 0) is 19.1 Å². The van der Waals surface area contributed by atoms with E-state index in [1.54, 1.807) is 31.3 Å². The van der Waals surface area contributed by atoms with Crippen molar-refractivity contribution in [3.8, 4) is 5.75 Å². The van der Waals surface area contributed by atoms with Gasteiger partial charge in [-0.25, -0.2) is 0 Å². The van der Waals surface area contributed by atoms with Crippen molar-refractivity contribution in [2.24, 2.45) is 0 Å². The number of hydrogen-bond donors (Lipinski definition) is 1. The lowest BCUT2D eigenvalue weighted by molar-refractivity contribution is -0.133. The van der Waals surface area contributed by atoms with Crippen LogP contribution in [0.1, 0.15) is 0 Å². The first kappa shape index (κ1) is 21.6. The van der Waals surface area contributed by atoms with E-state index in [2.05, 4.69) is 10.2 Å². The Morgan fingerprint density at radius 3 is 2.53 bits per heavy atom. The number of rotatable bonds is 6. The van der Waals surface area contributed by atoms with E-state index in [4.69, 9.17) is 9.47 Å². The van der Waals surface area contributed by atoms with Gasteiger partial charge in [-0.2, -0.15) is 0 Å². The summed E-state index contributed by atoms with van der Waals surface area (Å²) in [7, 11) is 1.54. The third-order valence-corrected chi connectivity index (χ3v) is 5.44. The molecule has 2 aliphatic heterocycles. The molecule has 4 rings (SSSR count). The molecule has 0 saturated carbocycles.